The van der Waals surface area contributed by atoms with Gasteiger partial charge in [-0.25, -0.2) is 0 Å². The largest absolute Gasteiger partial charge is 0.492 e. The van der Waals surface area contributed by atoms with Gasteiger partial charge in [0.1, 0.15) is 12.4 Å². The molecule has 0 aliphatic heterocycles. The highest BCUT2D eigenvalue weighted by Gasteiger charge is 2.15. The van der Waals surface area contributed by atoms with E-state index in [1.807, 2.05) is 18.2 Å². The van der Waals surface area contributed by atoms with Crippen molar-refractivity contribution in [3.05, 3.63) is 29.3 Å². The average molecular weight is 402 g/mol. The standard InChI is InChI=1S/C19H31NO6S/c1-3-15-8-19(5-4-16(15)13-27-14(2)23)26-7-6-20(9-17(24)11-21)10-18(25)12-22/h4-5,8,17-18,21-22,24-25H,3,6-7,9-13H2,1-2H3/t17-,18-/m0/s1. The Morgan fingerprint density at radius 3 is 2.30 bits per heavy atom. The van der Waals surface area contributed by atoms with Gasteiger partial charge in [0.2, 0.25) is 0 Å². The number of aryl methyl sites for hydroxylation is 1. The van der Waals surface area contributed by atoms with E-state index in [1.54, 1.807) is 11.8 Å². The lowest BCUT2D eigenvalue weighted by Crippen LogP contribution is -2.42. The first kappa shape index (κ1) is 23.9. The van der Waals surface area contributed by atoms with E-state index in [4.69, 9.17) is 14.9 Å². The number of carbonyl (C=O) groups is 1. The first-order valence-corrected chi connectivity index (χ1v) is 10.1. The van der Waals surface area contributed by atoms with Crippen molar-refractivity contribution in [3.8, 4) is 5.75 Å². The minimum absolute atomic E-state index is 0.0904. The van der Waals surface area contributed by atoms with Gasteiger partial charge < -0.3 is 25.2 Å². The summed E-state index contributed by atoms with van der Waals surface area (Å²) in [5.41, 5.74) is 2.24. The van der Waals surface area contributed by atoms with Gasteiger partial charge in [-0.2, -0.15) is 0 Å². The number of carbonyl (C=O) groups excluding carboxylic acids is 1. The first-order chi connectivity index (χ1) is 12.9. The third-order valence-electron chi connectivity index (χ3n) is 4.03. The zero-order valence-corrected chi connectivity index (χ0v) is 16.8. The lowest BCUT2D eigenvalue weighted by molar-refractivity contribution is -0.109. The van der Waals surface area contributed by atoms with Crippen LogP contribution in [0.2, 0.25) is 0 Å². The molecule has 1 aromatic rings. The second kappa shape index (κ2) is 13.1. The molecule has 0 bridgehead atoms. The fraction of sp³-hybridized carbons (Fsp3) is 0.632. The predicted octanol–water partition coefficient (Wildman–Crippen LogP) is 0.416. The smallest absolute Gasteiger partial charge is 0.186 e. The fourth-order valence-corrected chi connectivity index (χ4v) is 3.24. The van der Waals surface area contributed by atoms with Crippen molar-refractivity contribution in [1.82, 2.24) is 4.90 Å². The Morgan fingerprint density at radius 2 is 1.78 bits per heavy atom. The van der Waals surface area contributed by atoms with Gasteiger partial charge in [-0.15, -0.1) is 0 Å². The van der Waals surface area contributed by atoms with Crippen LogP contribution in [-0.4, -0.2) is 82.1 Å². The van der Waals surface area contributed by atoms with Crippen molar-refractivity contribution in [2.75, 3.05) is 39.5 Å². The molecule has 154 valence electrons. The van der Waals surface area contributed by atoms with Crippen LogP contribution in [-0.2, 0) is 17.0 Å². The Hall–Kier alpha value is -1.16. The predicted molar refractivity (Wildman–Crippen MR) is 106 cm³/mol. The molecule has 1 rings (SSSR count). The van der Waals surface area contributed by atoms with E-state index >= 15 is 0 Å². The lowest BCUT2D eigenvalue weighted by atomic mass is 10.1. The van der Waals surface area contributed by atoms with Gasteiger partial charge in [0.25, 0.3) is 0 Å². The minimum atomic E-state index is -0.916. The van der Waals surface area contributed by atoms with Gasteiger partial charge in [0.05, 0.1) is 25.4 Å². The molecular formula is C19H31NO6S. The number of aliphatic hydroxyl groups is 4. The maximum absolute atomic E-state index is 11.2. The highest BCUT2D eigenvalue weighted by Crippen LogP contribution is 2.23. The molecule has 0 amide bonds. The number of benzene rings is 1. The molecule has 0 radical (unpaired) electrons. The van der Waals surface area contributed by atoms with Gasteiger partial charge >= 0.3 is 0 Å². The maximum Gasteiger partial charge on any atom is 0.186 e. The summed E-state index contributed by atoms with van der Waals surface area (Å²) < 4.78 is 5.79. The van der Waals surface area contributed by atoms with E-state index in [0.717, 1.165) is 17.5 Å². The molecule has 0 unspecified atom stereocenters. The monoisotopic (exact) mass is 401 g/mol. The quantitative estimate of drug-likeness (QED) is 0.376. The average Bonchev–Trinajstić information content (AvgIpc) is 2.66. The Kier molecular flexibility index (Phi) is 11.6. The first-order valence-electron chi connectivity index (χ1n) is 9.07. The van der Waals surface area contributed by atoms with Crippen LogP contribution in [0.25, 0.3) is 0 Å². The van der Waals surface area contributed by atoms with E-state index in [9.17, 15) is 15.0 Å². The van der Waals surface area contributed by atoms with Crippen LogP contribution in [0.1, 0.15) is 25.0 Å². The number of aliphatic hydroxyl groups excluding tert-OH is 4. The topological polar surface area (TPSA) is 110 Å². The summed E-state index contributed by atoms with van der Waals surface area (Å²) in [6, 6.07) is 5.79. The van der Waals surface area contributed by atoms with E-state index in [-0.39, 0.29) is 31.4 Å². The molecule has 1 aromatic carbocycles. The molecule has 8 heteroatoms. The third-order valence-corrected chi connectivity index (χ3v) is 4.89. The number of thioether (sulfide) groups is 1. The number of nitrogens with zero attached hydrogens (tertiary/aromatic N) is 1. The summed E-state index contributed by atoms with van der Waals surface area (Å²) in [7, 11) is 0. The van der Waals surface area contributed by atoms with Gasteiger partial charge in [-0.3, -0.25) is 9.69 Å². The van der Waals surface area contributed by atoms with Gasteiger partial charge in [0, 0.05) is 32.3 Å². The summed E-state index contributed by atoms with van der Waals surface area (Å²) in [5.74, 6) is 1.36. The van der Waals surface area contributed by atoms with E-state index in [0.29, 0.717) is 24.7 Å². The van der Waals surface area contributed by atoms with Crippen LogP contribution in [0.3, 0.4) is 0 Å². The van der Waals surface area contributed by atoms with Gasteiger partial charge in [0.15, 0.2) is 5.12 Å². The van der Waals surface area contributed by atoms with Crippen molar-refractivity contribution in [3.63, 3.8) is 0 Å². The SMILES string of the molecule is CCc1cc(OCCN(C[C@H](O)CO)C[C@H](O)CO)ccc1CSC(C)=O. The second-order valence-corrected chi connectivity index (χ2v) is 7.50. The molecule has 0 saturated carbocycles. The molecule has 4 N–H and O–H groups in total. The Balaban J connectivity index is 2.62. The molecule has 27 heavy (non-hydrogen) atoms. The number of hydrogen-bond donors (Lipinski definition) is 4. The molecule has 0 saturated heterocycles. The molecule has 0 fully saturated rings. The summed E-state index contributed by atoms with van der Waals surface area (Å²) in [5, 5.41) is 37.3. The van der Waals surface area contributed by atoms with Crippen molar-refractivity contribution in [2.45, 2.75) is 38.2 Å². The van der Waals surface area contributed by atoms with Gasteiger partial charge in [-0.05, 0) is 29.7 Å². The summed E-state index contributed by atoms with van der Waals surface area (Å²) in [6.45, 7) is 3.99. The Bertz CT molecular complexity index is 559. The van der Waals surface area contributed by atoms with Crippen molar-refractivity contribution >= 4 is 16.9 Å². The number of rotatable bonds is 13. The molecule has 0 heterocycles. The summed E-state index contributed by atoms with van der Waals surface area (Å²) in [6.07, 6.45) is -0.996. The van der Waals surface area contributed by atoms with Crippen molar-refractivity contribution in [1.29, 1.82) is 0 Å². The van der Waals surface area contributed by atoms with Crippen LogP contribution < -0.4 is 4.74 Å². The van der Waals surface area contributed by atoms with E-state index < -0.39 is 12.2 Å². The summed E-state index contributed by atoms with van der Waals surface area (Å²) in [4.78, 5) is 12.9. The van der Waals surface area contributed by atoms with Crippen molar-refractivity contribution < 1.29 is 30.0 Å². The maximum atomic E-state index is 11.2. The zero-order chi connectivity index (χ0) is 20.2. The van der Waals surface area contributed by atoms with Crippen LogP contribution >= 0.6 is 11.8 Å². The van der Waals surface area contributed by atoms with E-state index in [2.05, 4.69) is 6.92 Å². The number of ether oxygens (including phenoxy) is 1. The lowest BCUT2D eigenvalue weighted by Gasteiger charge is -2.26. The fourth-order valence-electron chi connectivity index (χ4n) is 2.60. The second-order valence-electron chi connectivity index (χ2n) is 6.35. The number of hydrogen-bond acceptors (Lipinski definition) is 8. The van der Waals surface area contributed by atoms with E-state index in [1.165, 1.54) is 11.8 Å². The van der Waals surface area contributed by atoms with Crippen LogP contribution in [0.5, 0.6) is 5.75 Å². The zero-order valence-electron chi connectivity index (χ0n) is 16.0. The molecule has 0 aliphatic rings. The van der Waals surface area contributed by atoms with Gasteiger partial charge in [-0.1, -0.05) is 24.8 Å². The highest BCUT2D eigenvalue weighted by atomic mass is 32.2. The molecule has 2 atom stereocenters. The summed E-state index contributed by atoms with van der Waals surface area (Å²) >= 11 is 1.28. The molecule has 0 spiro atoms. The normalized spacial score (nSPS) is 13.6. The Morgan fingerprint density at radius 1 is 1.15 bits per heavy atom. The molecule has 7 nitrogen and oxygen atoms in total. The Labute approximate surface area is 165 Å². The van der Waals surface area contributed by atoms with Crippen LogP contribution in [0.15, 0.2) is 18.2 Å². The minimum Gasteiger partial charge on any atom is -0.492 e. The van der Waals surface area contributed by atoms with Crippen LogP contribution in [0.4, 0.5) is 0 Å². The molecular weight excluding hydrogens is 370 g/mol. The molecule has 0 aromatic heterocycles. The van der Waals surface area contributed by atoms with Crippen LogP contribution in [0, 0.1) is 0 Å². The third kappa shape index (κ3) is 9.55. The van der Waals surface area contributed by atoms with Crippen molar-refractivity contribution in [2.24, 2.45) is 0 Å². The molecule has 0 aliphatic carbocycles. The highest BCUT2D eigenvalue weighted by molar-refractivity contribution is 8.12.